The van der Waals surface area contributed by atoms with E-state index < -0.39 is 0 Å². The molecule has 3 N–H and O–H groups in total. The summed E-state index contributed by atoms with van der Waals surface area (Å²) in [6.45, 7) is 3.30. The van der Waals surface area contributed by atoms with Gasteiger partial charge >= 0.3 is 0 Å². The Hall–Kier alpha value is -0.610. The summed E-state index contributed by atoms with van der Waals surface area (Å²) in [5, 5.41) is 15.1. The van der Waals surface area contributed by atoms with E-state index in [4.69, 9.17) is 10.1 Å². The lowest BCUT2D eigenvalue weighted by Crippen LogP contribution is -2.39. The van der Waals surface area contributed by atoms with E-state index >= 15 is 0 Å². The Balaban J connectivity index is 1.96. The molecule has 0 saturated carbocycles. The van der Waals surface area contributed by atoms with Gasteiger partial charge in [-0.3, -0.25) is 5.41 Å². The largest absolute Gasteiger partial charge is 0.484 e. The van der Waals surface area contributed by atoms with Crippen molar-refractivity contribution in [3.63, 3.8) is 0 Å². The van der Waals surface area contributed by atoms with Crippen molar-refractivity contribution in [1.82, 2.24) is 10.6 Å². The predicted octanol–water partition coefficient (Wildman–Crippen LogP) is 1.12. The van der Waals surface area contributed by atoms with Crippen LogP contribution in [0.2, 0.25) is 0 Å². The van der Waals surface area contributed by atoms with Crippen LogP contribution in [0.25, 0.3) is 0 Å². The molecule has 0 bridgehead atoms. The fraction of sp³-hybridized carbons (Fsp3) is 0.917. The van der Waals surface area contributed by atoms with Crippen LogP contribution in [0, 0.1) is 11.3 Å². The minimum absolute atomic E-state index is 0.252. The molecule has 4 atom stereocenters. The summed E-state index contributed by atoms with van der Waals surface area (Å²) < 4.78 is 5.12. The average Bonchev–Trinajstić information content (AvgIpc) is 2.84. The van der Waals surface area contributed by atoms with E-state index in [1.807, 2.05) is 0 Å². The number of rotatable bonds is 4. The Morgan fingerprint density at radius 2 is 2.31 bits per heavy atom. The average molecular weight is 225 g/mol. The lowest BCUT2D eigenvalue weighted by Gasteiger charge is -2.24. The van der Waals surface area contributed by atoms with Crippen LogP contribution in [0.3, 0.4) is 0 Å². The zero-order valence-electron chi connectivity index (χ0n) is 10.3. The van der Waals surface area contributed by atoms with E-state index in [-0.39, 0.29) is 5.92 Å². The van der Waals surface area contributed by atoms with E-state index in [0.29, 0.717) is 24.0 Å². The SMILES string of the molecule is CCCC(C(=N)OC)C1CC2NCCC2N1. The van der Waals surface area contributed by atoms with Gasteiger partial charge in [-0.15, -0.1) is 0 Å². The third-order valence-electron chi connectivity index (χ3n) is 3.93. The first-order valence-electron chi connectivity index (χ1n) is 6.38. The Kier molecular flexibility index (Phi) is 3.82. The highest BCUT2D eigenvalue weighted by Crippen LogP contribution is 2.27. The molecular weight excluding hydrogens is 202 g/mol. The quantitative estimate of drug-likeness (QED) is 0.496. The van der Waals surface area contributed by atoms with E-state index in [1.54, 1.807) is 7.11 Å². The number of hydrogen-bond donors (Lipinski definition) is 3. The molecule has 2 fully saturated rings. The summed E-state index contributed by atoms with van der Waals surface area (Å²) in [6, 6.07) is 1.67. The van der Waals surface area contributed by atoms with Crippen molar-refractivity contribution in [2.24, 2.45) is 5.92 Å². The fourth-order valence-corrected chi connectivity index (χ4v) is 3.09. The summed E-state index contributed by atoms with van der Waals surface area (Å²) in [7, 11) is 1.61. The Morgan fingerprint density at radius 3 is 2.94 bits per heavy atom. The minimum Gasteiger partial charge on any atom is -0.484 e. The molecule has 4 unspecified atom stereocenters. The van der Waals surface area contributed by atoms with Crippen LogP contribution < -0.4 is 10.6 Å². The topological polar surface area (TPSA) is 57.1 Å². The third-order valence-corrected chi connectivity index (χ3v) is 3.93. The fourth-order valence-electron chi connectivity index (χ4n) is 3.09. The van der Waals surface area contributed by atoms with Gasteiger partial charge in [-0.2, -0.15) is 0 Å². The molecular formula is C12H23N3O. The number of hydrogen-bond acceptors (Lipinski definition) is 4. The second-order valence-corrected chi connectivity index (χ2v) is 4.93. The van der Waals surface area contributed by atoms with Crippen LogP contribution in [0.1, 0.15) is 32.6 Å². The molecule has 4 nitrogen and oxygen atoms in total. The summed E-state index contributed by atoms with van der Waals surface area (Å²) in [5.74, 6) is 0.696. The van der Waals surface area contributed by atoms with Gasteiger partial charge in [0.05, 0.1) is 7.11 Å². The van der Waals surface area contributed by atoms with Gasteiger partial charge in [0.2, 0.25) is 0 Å². The Morgan fingerprint density at radius 1 is 1.50 bits per heavy atom. The molecule has 16 heavy (non-hydrogen) atoms. The van der Waals surface area contributed by atoms with Crippen LogP contribution in [0.15, 0.2) is 0 Å². The van der Waals surface area contributed by atoms with Gasteiger partial charge in [-0.1, -0.05) is 13.3 Å². The molecule has 0 aliphatic carbocycles. The highest BCUT2D eigenvalue weighted by Gasteiger charge is 2.40. The van der Waals surface area contributed by atoms with Gasteiger partial charge in [-0.05, 0) is 25.8 Å². The molecule has 92 valence electrons. The first-order valence-corrected chi connectivity index (χ1v) is 6.38. The Labute approximate surface area is 97.6 Å². The molecule has 2 aliphatic rings. The van der Waals surface area contributed by atoms with Crippen molar-refractivity contribution in [1.29, 1.82) is 5.41 Å². The number of nitrogens with one attached hydrogen (secondary N) is 3. The predicted molar refractivity (Wildman–Crippen MR) is 64.9 cm³/mol. The molecule has 0 radical (unpaired) electrons. The molecule has 2 rings (SSSR count). The molecule has 0 aromatic carbocycles. The second kappa shape index (κ2) is 5.15. The van der Waals surface area contributed by atoms with Gasteiger partial charge in [0.15, 0.2) is 5.90 Å². The summed E-state index contributed by atoms with van der Waals surface area (Å²) >= 11 is 0. The van der Waals surface area contributed by atoms with Gasteiger partial charge < -0.3 is 15.4 Å². The van der Waals surface area contributed by atoms with Crippen molar-refractivity contribution >= 4 is 5.90 Å². The van der Waals surface area contributed by atoms with E-state index in [1.165, 1.54) is 6.42 Å². The van der Waals surface area contributed by atoms with Gasteiger partial charge in [0, 0.05) is 24.0 Å². The molecule has 0 amide bonds. The maximum absolute atomic E-state index is 7.89. The van der Waals surface area contributed by atoms with Crippen molar-refractivity contribution in [2.75, 3.05) is 13.7 Å². The zero-order valence-corrected chi connectivity index (χ0v) is 10.3. The van der Waals surface area contributed by atoms with E-state index in [2.05, 4.69) is 17.6 Å². The van der Waals surface area contributed by atoms with Gasteiger partial charge in [0.25, 0.3) is 0 Å². The van der Waals surface area contributed by atoms with Crippen LogP contribution in [-0.4, -0.2) is 37.7 Å². The third kappa shape index (κ3) is 2.23. The summed E-state index contributed by atoms with van der Waals surface area (Å²) in [6.07, 6.45) is 4.52. The molecule has 2 saturated heterocycles. The van der Waals surface area contributed by atoms with Crippen molar-refractivity contribution in [2.45, 2.75) is 50.7 Å². The smallest absolute Gasteiger partial charge is 0.184 e. The van der Waals surface area contributed by atoms with E-state index in [9.17, 15) is 0 Å². The number of ether oxygens (including phenoxy) is 1. The summed E-state index contributed by atoms with van der Waals surface area (Å²) in [5.41, 5.74) is 0. The summed E-state index contributed by atoms with van der Waals surface area (Å²) in [4.78, 5) is 0. The number of methoxy groups -OCH3 is 1. The van der Waals surface area contributed by atoms with E-state index in [0.717, 1.165) is 25.8 Å². The maximum atomic E-state index is 7.89. The van der Waals surface area contributed by atoms with Gasteiger partial charge in [-0.25, -0.2) is 0 Å². The normalized spacial score (nSPS) is 34.8. The second-order valence-electron chi connectivity index (χ2n) is 4.93. The molecule has 0 aromatic rings. The maximum Gasteiger partial charge on any atom is 0.184 e. The lowest BCUT2D eigenvalue weighted by atomic mass is 9.92. The first-order chi connectivity index (χ1) is 7.76. The van der Waals surface area contributed by atoms with Crippen molar-refractivity contribution < 1.29 is 4.74 Å². The number of fused-ring (bicyclic) bond motifs is 1. The van der Waals surface area contributed by atoms with Crippen LogP contribution >= 0.6 is 0 Å². The molecule has 0 spiro atoms. The molecule has 0 aromatic heterocycles. The van der Waals surface area contributed by atoms with Crippen molar-refractivity contribution in [3.8, 4) is 0 Å². The molecule has 2 heterocycles. The van der Waals surface area contributed by atoms with Crippen molar-refractivity contribution in [3.05, 3.63) is 0 Å². The molecule has 4 heteroatoms. The molecule has 2 aliphatic heterocycles. The van der Waals surface area contributed by atoms with Crippen LogP contribution in [-0.2, 0) is 4.74 Å². The lowest BCUT2D eigenvalue weighted by molar-refractivity contribution is 0.317. The standard InChI is InChI=1S/C12H23N3O/c1-3-4-8(12(13)16-2)10-7-11-9(15-10)5-6-14-11/h8-11,13-15H,3-7H2,1-2H3. The zero-order chi connectivity index (χ0) is 11.5. The first kappa shape index (κ1) is 11.9. The minimum atomic E-state index is 0.252. The monoisotopic (exact) mass is 225 g/mol. The highest BCUT2D eigenvalue weighted by molar-refractivity contribution is 5.76. The van der Waals surface area contributed by atoms with Crippen LogP contribution in [0.5, 0.6) is 0 Å². The van der Waals surface area contributed by atoms with Crippen LogP contribution in [0.4, 0.5) is 0 Å². The van der Waals surface area contributed by atoms with Gasteiger partial charge in [0.1, 0.15) is 0 Å². The highest BCUT2D eigenvalue weighted by atomic mass is 16.5. The Bertz CT molecular complexity index is 245.